The minimum absolute atomic E-state index is 0.272. The van der Waals surface area contributed by atoms with E-state index in [0.717, 1.165) is 0 Å². The summed E-state index contributed by atoms with van der Waals surface area (Å²) in [6.45, 7) is 2.74. The first kappa shape index (κ1) is 33.3. The average Bonchev–Trinajstić information content (AvgIpc) is 2.75. The van der Waals surface area contributed by atoms with E-state index >= 15 is 0 Å². The van der Waals surface area contributed by atoms with Crippen LogP contribution in [0.25, 0.3) is 0 Å². The Morgan fingerprint density at radius 3 is 1.68 bits per heavy atom. The van der Waals surface area contributed by atoms with Gasteiger partial charge in [-0.2, -0.15) is 57.1 Å². The number of benzene rings is 1. The number of ketones is 1. The quantitative estimate of drug-likeness (QED) is 0.276. The molecule has 1 amide bonds. The Bertz CT molecular complexity index is 963. The van der Waals surface area contributed by atoms with Crippen LogP contribution in [0.1, 0.15) is 32.3 Å². The first-order valence-corrected chi connectivity index (χ1v) is 10.4. The van der Waals surface area contributed by atoms with E-state index in [-0.39, 0.29) is 5.56 Å². The number of alkyl halides is 13. The maximum absolute atomic E-state index is 14.0. The number of amides is 1. The molecular weight excluding hydrogens is 561 g/mol. The number of rotatable bonds is 12. The van der Waals surface area contributed by atoms with Crippen molar-refractivity contribution in [1.29, 1.82) is 0 Å². The summed E-state index contributed by atoms with van der Waals surface area (Å²) in [5.74, 6) is -39.2. The van der Waals surface area contributed by atoms with Crippen LogP contribution in [0.5, 0.6) is 0 Å². The fourth-order valence-corrected chi connectivity index (χ4v) is 2.90. The van der Waals surface area contributed by atoms with Gasteiger partial charge in [0, 0.05) is 12.8 Å². The predicted molar refractivity (Wildman–Crippen MR) is 104 cm³/mol. The standard InChI is InChI=1S/C21H20F13NO3/c1-11(2)38-15(37)35-13(10-12-6-4-3-5-7-12)14(36)8-9-16(22,23)17(24,25)18(26,27)19(28,29)20(30,31)21(32,33)34/h3-7,11,13H,8-10H2,1-2H3,(H,35,37). The highest BCUT2D eigenvalue weighted by atomic mass is 19.4. The molecule has 218 valence electrons. The fourth-order valence-electron chi connectivity index (χ4n) is 2.90. The summed E-state index contributed by atoms with van der Waals surface area (Å²) >= 11 is 0. The maximum atomic E-state index is 14.0. The second-order valence-corrected chi connectivity index (χ2v) is 8.31. The van der Waals surface area contributed by atoms with Crippen LogP contribution in [0.2, 0.25) is 0 Å². The molecule has 1 aromatic rings. The van der Waals surface area contributed by atoms with Crippen molar-refractivity contribution in [3.63, 3.8) is 0 Å². The van der Waals surface area contributed by atoms with Crippen LogP contribution < -0.4 is 5.32 Å². The Kier molecular flexibility index (Phi) is 9.77. The molecule has 0 aliphatic carbocycles. The second kappa shape index (κ2) is 11.2. The number of hydrogen-bond donors (Lipinski definition) is 1. The molecule has 0 aromatic heterocycles. The Morgan fingerprint density at radius 2 is 1.24 bits per heavy atom. The number of halogens is 13. The van der Waals surface area contributed by atoms with Crippen LogP contribution in [-0.2, 0) is 16.0 Å². The van der Waals surface area contributed by atoms with Gasteiger partial charge in [-0.15, -0.1) is 0 Å². The van der Waals surface area contributed by atoms with E-state index in [1.54, 1.807) is 0 Å². The molecule has 1 rings (SSSR count). The molecule has 0 aliphatic heterocycles. The second-order valence-electron chi connectivity index (χ2n) is 8.31. The van der Waals surface area contributed by atoms with Crippen molar-refractivity contribution in [3.05, 3.63) is 35.9 Å². The molecule has 1 unspecified atom stereocenters. The van der Waals surface area contributed by atoms with Gasteiger partial charge in [-0.3, -0.25) is 4.79 Å². The molecule has 0 fully saturated rings. The highest BCUT2D eigenvalue weighted by molar-refractivity contribution is 5.87. The lowest BCUT2D eigenvalue weighted by molar-refractivity contribution is -0.440. The Morgan fingerprint density at radius 1 is 0.763 bits per heavy atom. The molecule has 1 N–H and O–H groups in total. The Hall–Kier alpha value is -2.75. The summed E-state index contributed by atoms with van der Waals surface area (Å²) in [6.07, 6.45) is -14.5. The molecule has 4 nitrogen and oxygen atoms in total. The number of alkyl carbamates (subject to hydrolysis) is 1. The summed E-state index contributed by atoms with van der Waals surface area (Å²) in [7, 11) is 0. The highest BCUT2D eigenvalue weighted by Crippen LogP contribution is 2.60. The zero-order valence-electron chi connectivity index (χ0n) is 19.3. The lowest BCUT2D eigenvalue weighted by Crippen LogP contribution is -2.70. The van der Waals surface area contributed by atoms with Crippen molar-refractivity contribution in [3.8, 4) is 0 Å². The van der Waals surface area contributed by atoms with E-state index in [1.807, 2.05) is 5.32 Å². The van der Waals surface area contributed by atoms with E-state index in [9.17, 15) is 66.7 Å². The van der Waals surface area contributed by atoms with Gasteiger partial charge in [-0.05, 0) is 25.8 Å². The van der Waals surface area contributed by atoms with Gasteiger partial charge in [0.1, 0.15) is 0 Å². The summed E-state index contributed by atoms with van der Waals surface area (Å²) in [5.41, 5.74) is 0.272. The molecule has 38 heavy (non-hydrogen) atoms. The molecule has 17 heteroatoms. The van der Waals surface area contributed by atoms with E-state index in [4.69, 9.17) is 4.74 Å². The summed E-state index contributed by atoms with van der Waals surface area (Å²) in [4.78, 5) is 24.3. The smallest absolute Gasteiger partial charge is 0.447 e. The van der Waals surface area contributed by atoms with Gasteiger partial charge < -0.3 is 10.1 Å². The van der Waals surface area contributed by atoms with Crippen molar-refractivity contribution in [2.24, 2.45) is 0 Å². The summed E-state index contributed by atoms with van der Waals surface area (Å²) < 4.78 is 177. The Balaban J connectivity index is 3.21. The lowest BCUT2D eigenvalue weighted by atomic mass is 9.90. The molecule has 0 radical (unpaired) electrons. The van der Waals surface area contributed by atoms with Gasteiger partial charge >= 0.3 is 41.9 Å². The molecule has 0 heterocycles. The van der Waals surface area contributed by atoms with E-state index in [1.165, 1.54) is 44.2 Å². The number of carbonyl (C=O) groups is 2. The largest absolute Gasteiger partial charge is 0.460 e. The zero-order chi connectivity index (χ0) is 30.0. The monoisotopic (exact) mass is 581 g/mol. The topological polar surface area (TPSA) is 55.4 Å². The van der Waals surface area contributed by atoms with Crippen LogP contribution in [-0.4, -0.2) is 59.8 Å². The van der Waals surface area contributed by atoms with Gasteiger partial charge in [-0.25, -0.2) is 4.79 Å². The molecule has 0 saturated heterocycles. The zero-order valence-corrected chi connectivity index (χ0v) is 19.3. The van der Waals surface area contributed by atoms with Crippen molar-refractivity contribution in [1.82, 2.24) is 5.32 Å². The SMILES string of the molecule is CC(C)OC(=O)NC(Cc1ccccc1)C(=O)CCC(F)(F)C(F)(F)C(F)(F)C(F)(F)C(F)(F)C(F)(F)F. The van der Waals surface area contributed by atoms with Crippen LogP contribution in [0.4, 0.5) is 61.9 Å². The highest BCUT2D eigenvalue weighted by Gasteiger charge is 2.90. The lowest BCUT2D eigenvalue weighted by Gasteiger charge is -2.39. The number of carbonyl (C=O) groups excluding carboxylic acids is 2. The third-order valence-corrected chi connectivity index (χ3v) is 4.99. The Labute approximate surface area is 206 Å². The molecule has 0 aliphatic rings. The van der Waals surface area contributed by atoms with Gasteiger partial charge in [0.2, 0.25) is 0 Å². The maximum Gasteiger partial charge on any atom is 0.460 e. The van der Waals surface area contributed by atoms with Crippen molar-refractivity contribution < 1.29 is 71.4 Å². The van der Waals surface area contributed by atoms with Crippen LogP contribution >= 0.6 is 0 Å². The minimum Gasteiger partial charge on any atom is -0.447 e. The minimum atomic E-state index is -8.02. The number of Topliss-reactive ketones (excluding diaryl/α,β-unsaturated/α-hetero) is 1. The number of hydrogen-bond acceptors (Lipinski definition) is 3. The first-order valence-electron chi connectivity index (χ1n) is 10.4. The predicted octanol–water partition coefficient (Wildman–Crippen LogP) is 6.82. The van der Waals surface area contributed by atoms with Crippen molar-refractivity contribution in [2.45, 2.75) is 81.0 Å². The van der Waals surface area contributed by atoms with Gasteiger partial charge in [0.15, 0.2) is 5.78 Å². The van der Waals surface area contributed by atoms with Crippen LogP contribution in [0, 0.1) is 0 Å². The molecule has 1 aromatic carbocycles. The molecule has 0 spiro atoms. The number of nitrogens with one attached hydrogen (secondary N) is 1. The van der Waals surface area contributed by atoms with E-state index < -0.39 is 79.1 Å². The third kappa shape index (κ3) is 6.62. The van der Waals surface area contributed by atoms with Gasteiger partial charge in [-0.1, -0.05) is 30.3 Å². The first-order chi connectivity index (χ1) is 16.9. The normalized spacial score (nSPS) is 14.8. The third-order valence-electron chi connectivity index (χ3n) is 4.99. The van der Waals surface area contributed by atoms with Crippen molar-refractivity contribution >= 4 is 11.9 Å². The van der Waals surface area contributed by atoms with Crippen LogP contribution in [0.15, 0.2) is 30.3 Å². The van der Waals surface area contributed by atoms with Gasteiger partial charge in [0.25, 0.3) is 0 Å². The van der Waals surface area contributed by atoms with E-state index in [2.05, 4.69) is 0 Å². The molecule has 1 atom stereocenters. The molecular formula is C21H20F13NO3. The average molecular weight is 581 g/mol. The summed E-state index contributed by atoms with van der Waals surface area (Å²) in [6, 6.07) is 5.35. The van der Waals surface area contributed by atoms with E-state index in [0.29, 0.717) is 0 Å². The molecule has 0 saturated carbocycles. The molecule has 0 bridgehead atoms. The van der Waals surface area contributed by atoms with Crippen LogP contribution in [0.3, 0.4) is 0 Å². The van der Waals surface area contributed by atoms with Gasteiger partial charge in [0.05, 0.1) is 12.1 Å². The number of ether oxygens (including phenoxy) is 1. The van der Waals surface area contributed by atoms with Crippen molar-refractivity contribution in [2.75, 3.05) is 0 Å². The summed E-state index contributed by atoms with van der Waals surface area (Å²) in [5, 5.41) is 1.93. The fraction of sp³-hybridized carbons (Fsp3) is 0.619.